The monoisotopic (exact) mass is 468 g/mol. The van der Waals surface area contributed by atoms with E-state index in [0.717, 1.165) is 32.1 Å². The first kappa shape index (κ1) is 24.6. The molecule has 0 radical (unpaired) electrons. The van der Waals surface area contributed by atoms with Crippen LogP contribution in [0.3, 0.4) is 0 Å². The summed E-state index contributed by atoms with van der Waals surface area (Å²) in [6, 6.07) is 0. The van der Waals surface area contributed by atoms with Crippen LogP contribution in [0.1, 0.15) is 106 Å². The third kappa shape index (κ3) is 3.07. The van der Waals surface area contributed by atoms with E-state index in [1.165, 1.54) is 31.3 Å². The first-order chi connectivity index (χ1) is 15.8. The summed E-state index contributed by atoms with van der Waals surface area (Å²) in [7, 11) is 0. The quantitative estimate of drug-likeness (QED) is 0.434. The van der Waals surface area contributed by atoms with E-state index in [-0.39, 0.29) is 45.1 Å². The molecular formula is C31H48O3. The first-order valence-electron chi connectivity index (χ1n) is 14.1. The Balaban J connectivity index is 1.57. The third-order valence-electron chi connectivity index (χ3n) is 12.5. The minimum Gasteiger partial charge on any atom is -0.466 e. The fraction of sp³-hybridized carbons (Fsp3) is 0.839. The molecule has 3 fully saturated rings. The first-order valence-corrected chi connectivity index (χ1v) is 14.1. The molecule has 5 aliphatic carbocycles. The van der Waals surface area contributed by atoms with Crippen LogP contribution in [0.25, 0.3) is 0 Å². The Labute approximate surface area is 207 Å². The fourth-order valence-corrected chi connectivity index (χ4v) is 10.1. The molecule has 3 heteroatoms. The van der Waals surface area contributed by atoms with Crippen LogP contribution in [0, 0.1) is 44.8 Å². The number of hydrogen-bond acceptors (Lipinski definition) is 3. The molecule has 1 unspecified atom stereocenters. The Kier molecular flexibility index (Phi) is 5.57. The zero-order chi connectivity index (χ0) is 24.7. The second-order valence-electron chi connectivity index (χ2n) is 14.2. The van der Waals surface area contributed by atoms with Gasteiger partial charge < -0.3 is 9.84 Å². The van der Waals surface area contributed by atoms with Crippen LogP contribution in [0.5, 0.6) is 0 Å². The highest BCUT2D eigenvalue weighted by atomic mass is 16.5. The van der Waals surface area contributed by atoms with E-state index in [9.17, 15) is 9.90 Å². The van der Waals surface area contributed by atoms with Crippen molar-refractivity contribution in [2.24, 2.45) is 44.8 Å². The Morgan fingerprint density at radius 1 is 0.941 bits per heavy atom. The summed E-state index contributed by atoms with van der Waals surface area (Å²) >= 11 is 0. The van der Waals surface area contributed by atoms with Gasteiger partial charge in [0, 0.05) is 0 Å². The van der Waals surface area contributed by atoms with Gasteiger partial charge in [-0.1, -0.05) is 53.7 Å². The van der Waals surface area contributed by atoms with Crippen molar-refractivity contribution in [1.29, 1.82) is 0 Å². The number of ether oxygens (including phenoxy) is 1. The highest BCUT2D eigenvalue weighted by Gasteiger charge is 2.67. The molecule has 0 bridgehead atoms. The number of aliphatic hydroxyl groups is 1. The highest BCUT2D eigenvalue weighted by Crippen LogP contribution is 2.74. The Morgan fingerprint density at radius 3 is 2.38 bits per heavy atom. The maximum Gasteiger partial charge on any atom is 0.312 e. The molecule has 0 saturated heterocycles. The van der Waals surface area contributed by atoms with Crippen LogP contribution >= 0.6 is 0 Å². The molecule has 8 atom stereocenters. The van der Waals surface area contributed by atoms with Crippen molar-refractivity contribution < 1.29 is 14.6 Å². The molecule has 0 aromatic rings. The normalized spacial score (nSPS) is 49.4. The number of aliphatic hydroxyl groups excluding tert-OH is 1. The number of allylic oxidation sites excluding steroid dienone is 3. The average Bonchev–Trinajstić information content (AvgIpc) is 2.77. The molecule has 0 aromatic heterocycles. The van der Waals surface area contributed by atoms with Crippen LogP contribution in [-0.2, 0) is 9.53 Å². The lowest BCUT2D eigenvalue weighted by Crippen LogP contribution is -2.63. The van der Waals surface area contributed by atoms with E-state index in [4.69, 9.17) is 4.74 Å². The number of carbonyl (C=O) groups excluding carboxylic acids is 1. The van der Waals surface area contributed by atoms with Gasteiger partial charge in [0.1, 0.15) is 0 Å². The molecule has 0 aromatic carbocycles. The molecule has 0 heterocycles. The Hall–Kier alpha value is -1.09. The fourth-order valence-electron chi connectivity index (χ4n) is 10.1. The molecule has 0 aliphatic heterocycles. The van der Waals surface area contributed by atoms with Crippen molar-refractivity contribution >= 4 is 5.97 Å². The van der Waals surface area contributed by atoms with Gasteiger partial charge in [-0.3, -0.25) is 4.79 Å². The van der Waals surface area contributed by atoms with Crippen molar-refractivity contribution in [3.05, 3.63) is 23.3 Å². The second-order valence-corrected chi connectivity index (χ2v) is 14.2. The van der Waals surface area contributed by atoms with E-state index in [2.05, 4.69) is 53.7 Å². The molecule has 3 nitrogen and oxygen atoms in total. The number of fused-ring (bicyclic) bond motifs is 7. The van der Waals surface area contributed by atoms with Crippen molar-refractivity contribution in [2.45, 2.75) is 112 Å². The highest BCUT2D eigenvalue weighted by molar-refractivity contribution is 5.75. The van der Waals surface area contributed by atoms with Crippen LogP contribution in [0.4, 0.5) is 0 Å². The van der Waals surface area contributed by atoms with Crippen molar-refractivity contribution in [3.63, 3.8) is 0 Å². The minimum absolute atomic E-state index is 0.0108. The van der Waals surface area contributed by atoms with Gasteiger partial charge in [0.15, 0.2) is 0 Å². The lowest BCUT2D eigenvalue weighted by atomic mass is 9.34. The largest absolute Gasteiger partial charge is 0.466 e. The summed E-state index contributed by atoms with van der Waals surface area (Å²) in [6.07, 6.45) is 14.9. The molecule has 190 valence electrons. The van der Waals surface area contributed by atoms with Crippen LogP contribution in [0.15, 0.2) is 23.3 Å². The van der Waals surface area contributed by atoms with Crippen LogP contribution in [-0.4, -0.2) is 23.8 Å². The summed E-state index contributed by atoms with van der Waals surface area (Å²) in [4.78, 5) is 12.7. The van der Waals surface area contributed by atoms with Crippen molar-refractivity contribution in [1.82, 2.24) is 0 Å². The smallest absolute Gasteiger partial charge is 0.312 e. The molecule has 3 saturated carbocycles. The lowest BCUT2D eigenvalue weighted by Gasteiger charge is -2.70. The van der Waals surface area contributed by atoms with Crippen molar-refractivity contribution in [3.8, 4) is 0 Å². The second kappa shape index (κ2) is 7.70. The topological polar surface area (TPSA) is 46.5 Å². The molecular weight excluding hydrogens is 420 g/mol. The molecule has 1 N–H and O–H groups in total. The number of esters is 1. The minimum atomic E-state index is -0.178. The van der Waals surface area contributed by atoms with Gasteiger partial charge in [-0.25, -0.2) is 0 Å². The van der Waals surface area contributed by atoms with Gasteiger partial charge in [0.25, 0.3) is 0 Å². The standard InChI is InChI=1S/C31H48O3/c1-8-34-26(33)20-11-14-28(4)17-18-30(6)21(22(28)19-20)9-10-24-29(5)15-13-25(32)27(2,3)23(29)12-16-31(24,30)7/h9,19-20,23-25,32H,8,10-18H2,1-7H3/t20-,23-,24?,25-,28+,29-,30+,31+/m0/s1. The van der Waals surface area contributed by atoms with Gasteiger partial charge in [-0.2, -0.15) is 0 Å². The summed E-state index contributed by atoms with van der Waals surface area (Å²) < 4.78 is 5.44. The van der Waals surface area contributed by atoms with Gasteiger partial charge >= 0.3 is 5.97 Å². The summed E-state index contributed by atoms with van der Waals surface area (Å²) in [5, 5.41) is 10.9. The van der Waals surface area contributed by atoms with Gasteiger partial charge in [-0.05, 0) is 115 Å². The van der Waals surface area contributed by atoms with Crippen LogP contribution < -0.4 is 0 Å². The van der Waals surface area contributed by atoms with Gasteiger partial charge in [0.2, 0.25) is 0 Å². The zero-order valence-corrected chi connectivity index (χ0v) is 22.8. The molecule has 0 spiro atoms. The molecule has 34 heavy (non-hydrogen) atoms. The predicted molar refractivity (Wildman–Crippen MR) is 137 cm³/mol. The zero-order valence-electron chi connectivity index (χ0n) is 22.8. The van der Waals surface area contributed by atoms with E-state index in [1.54, 1.807) is 5.57 Å². The van der Waals surface area contributed by atoms with E-state index in [0.29, 0.717) is 18.4 Å². The molecule has 5 aliphatic rings. The summed E-state index contributed by atoms with van der Waals surface area (Å²) in [5.74, 6) is 1.09. The number of rotatable bonds is 2. The van der Waals surface area contributed by atoms with E-state index in [1.807, 2.05) is 6.92 Å². The number of hydrogen-bond donors (Lipinski definition) is 1. The summed E-state index contributed by atoms with van der Waals surface area (Å²) in [5.41, 5.74) is 3.88. The number of carbonyl (C=O) groups is 1. The SMILES string of the molecule is CCOC(=O)[C@@H]1C=C2C3=CCC4[C@@]5(C)CC[C@H](O)C(C)(C)[C@@H]5CC[C@@]4(C)[C@]3(C)CC[C@@]2(C)CC1. The predicted octanol–water partition coefficient (Wildman–Crippen LogP) is 7.24. The maximum absolute atomic E-state index is 12.7. The molecule has 0 amide bonds. The van der Waals surface area contributed by atoms with Crippen LogP contribution in [0.2, 0.25) is 0 Å². The van der Waals surface area contributed by atoms with Crippen molar-refractivity contribution in [2.75, 3.05) is 6.61 Å². The maximum atomic E-state index is 12.7. The van der Waals surface area contributed by atoms with Gasteiger partial charge in [-0.15, -0.1) is 0 Å². The van der Waals surface area contributed by atoms with Gasteiger partial charge in [0.05, 0.1) is 18.6 Å². The Bertz CT molecular complexity index is 929. The Morgan fingerprint density at radius 2 is 1.68 bits per heavy atom. The lowest BCUT2D eigenvalue weighted by molar-refractivity contribution is -0.196. The average molecular weight is 469 g/mol. The van der Waals surface area contributed by atoms with E-state index < -0.39 is 0 Å². The summed E-state index contributed by atoms with van der Waals surface area (Å²) in [6.45, 7) is 17.2. The molecule has 5 rings (SSSR count). The van der Waals surface area contributed by atoms with E-state index >= 15 is 0 Å². The third-order valence-corrected chi connectivity index (χ3v) is 12.5.